The predicted molar refractivity (Wildman–Crippen MR) is 216 cm³/mol. The normalized spacial score (nSPS) is 14.2. The van der Waals surface area contributed by atoms with Crippen LogP contribution in [0.2, 0.25) is 0 Å². The molecule has 0 bridgehead atoms. The lowest BCUT2D eigenvalue weighted by Crippen LogP contribution is -2.00. The zero-order chi connectivity index (χ0) is 35.0. The van der Waals surface area contributed by atoms with E-state index in [9.17, 15) is 0 Å². The van der Waals surface area contributed by atoms with Crippen molar-refractivity contribution in [1.82, 2.24) is 15.0 Å². The summed E-state index contributed by atoms with van der Waals surface area (Å²) in [4.78, 5) is 15.5. The Morgan fingerprint density at radius 1 is 0.509 bits per heavy atom. The molecule has 5 nitrogen and oxygen atoms in total. The molecule has 0 saturated carbocycles. The van der Waals surface area contributed by atoms with Crippen LogP contribution in [-0.2, 0) is 0 Å². The molecular weight excluding hydrogens is 651 g/mol. The lowest BCUT2D eigenvalue weighted by Gasteiger charge is -2.12. The minimum Gasteiger partial charge on any atom is -0.456 e. The quantitative estimate of drug-likeness (QED) is 0.185. The first-order valence-electron chi connectivity index (χ1n) is 18.1. The zero-order valence-corrected chi connectivity index (χ0v) is 28.9. The van der Waals surface area contributed by atoms with Gasteiger partial charge in [0.25, 0.3) is 0 Å². The average molecular weight is 682 g/mol. The molecule has 0 N–H and O–H groups in total. The minimum atomic E-state index is 0.399. The lowest BCUT2D eigenvalue weighted by molar-refractivity contribution is 0.586. The molecule has 0 amide bonds. The molecule has 7 aromatic carbocycles. The van der Waals surface area contributed by atoms with Crippen molar-refractivity contribution in [3.63, 3.8) is 0 Å². The highest BCUT2D eigenvalue weighted by atomic mass is 16.3. The van der Waals surface area contributed by atoms with Gasteiger partial charge >= 0.3 is 0 Å². The summed E-state index contributed by atoms with van der Waals surface area (Å²) >= 11 is 0. The van der Waals surface area contributed by atoms with E-state index in [1.165, 1.54) is 16.3 Å². The Kier molecular flexibility index (Phi) is 6.52. The number of benzene rings is 7. The van der Waals surface area contributed by atoms with Gasteiger partial charge in [0, 0.05) is 44.0 Å². The molecule has 1 aliphatic carbocycles. The van der Waals surface area contributed by atoms with E-state index < -0.39 is 0 Å². The van der Waals surface area contributed by atoms with E-state index in [1.807, 2.05) is 12.1 Å². The highest BCUT2D eigenvalue weighted by molar-refractivity contribution is 6.15. The topological polar surface area (TPSA) is 65.0 Å². The van der Waals surface area contributed by atoms with Crippen molar-refractivity contribution < 1.29 is 8.83 Å². The van der Waals surface area contributed by atoms with E-state index in [-0.39, 0.29) is 0 Å². The molecule has 11 rings (SSSR count). The molecule has 1 atom stereocenters. The predicted octanol–water partition coefficient (Wildman–Crippen LogP) is 13.0. The van der Waals surface area contributed by atoms with E-state index in [2.05, 4.69) is 146 Å². The largest absolute Gasteiger partial charge is 0.456 e. The van der Waals surface area contributed by atoms with Crippen LogP contribution in [0.1, 0.15) is 30.6 Å². The maximum Gasteiger partial charge on any atom is 0.164 e. The van der Waals surface area contributed by atoms with Gasteiger partial charge in [-0.3, -0.25) is 0 Å². The van der Waals surface area contributed by atoms with Gasteiger partial charge in [0.1, 0.15) is 22.5 Å². The fourth-order valence-corrected chi connectivity index (χ4v) is 8.11. The molecule has 0 saturated heterocycles. The van der Waals surface area contributed by atoms with Gasteiger partial charge in [0.05, 0.1) is 0 Å². The van der Waals surface area contributed by atoms with Gasteiger partial charge in [-0.2, -0.15) is 0 Å². The molecule has 250 valence electrons. The van der Waals surface area contributed by atoms with Crippen molar-refractivity contribution in [1.29, 1.82) is 0 Å². The molecule has 5 heteroatoms. The molecule has 0 spiro atoms. The van der Waals surface area contributed by atoms with Crippen LogP contribution in [0, 0.1) is 0 Å². The summed E-state index contributed by atoms with van der Waals surface area (Å²) in [5.41, 5.74) is 8.69. The van der Waals surface area contributed by atoms with E-state index in [4.69, 9.17) is 23.8 Å². The van der Waals surface area contributed by atoms with Gasteiger partial charge in [0.2, 0.25) is 0 Å². The molecule has 3 aromatic heterocycles. The standard InChI is InChI=1S/C48H31N3O2/c1-28-9-6-17-41-43(28)39-27-33(23-24-40(39)52-41)36-14-7-15-37-44-38(16-8-18-42(44)53-45(36)37)48-50-46(34-21-19-29-10-2-4-12-31(29)25-34)49-47(51-48)35-22-20-30-11-3-5-13-32(30)26-35/h2-8,10-28H,9H2,1H3. The van der Waals surface area contributed by atoms with Gasteiger partial charge in [-0.25, -0.2) is 15.0 Å². The highest BCUT2D eigenvalue weighted by Crippen LogP contribution is 2.43. The van der Waals surface area contributed by atoms with Gasteiger partial charge in [-0.15, -0.1) is 0 Å². The summed E-state index contributed by atoms with van der Waals surface area (Å²) in [5.74, 6) is 3.20. The molecule has 53 heavy (non-hydrogen) atoms. The second-order valence-corrected chi connectivity index (χ2v) is 14.0. The van der Waals surface area contributed by atoms with Crippen LogP contribution in [0.15, 0.2) is 154 Å². The number of aromatic nitrogens is 3. The maximum absolute atomic E-state index is 6.75. The van der Waals surface area contributed by atoms with E-state index in [0.717, 1.165) is 83.7 Å². The molecule has 10 aromatic rings. The third-order valence-electron chi connectivity index (χ3n) is 10.7. The summed E-state index contributed by atoms with van der Waals surface area (Å²) < 4.78 is 13.0. The first-order valence-corrected chi connectivity index (χ1v) is 18.1. The number of fused-ring (bicyclic) bond motifs is 8. The summed E-state index contributed by atoms with van der Waals surface area (Å²) in [6, 6.07) is 48.5. The fraction of sp³-hybridized carbons (Fsp3) is 0.0625. The third-order valence-corrected chi connectivity index (χ3v) is 10.7. The smallest absolute Gasteiger partial charge is 0.164 e. The molecule has 1 aliphatic rings. The fourth-order valence-electron chi connectivity index (χ4n) is 8.11. The summed E-state index contributed by atoms with van der Waals surface area (Å²) in [6.45, 7) is 2.27. The molecular formula is C48H31N3O2. The Morgan fingerprint density at radius 3 is 1.89 bits per heavy atom. The number of hydrogen-bond donors (Lipinski definition) is 0. The van der Waals surface area contributed by atoms with Crippen LogP contribution in [0.3, 0.4) is 0 Å². The van der Waals surface area contributed by atoms with Crippen LogP contribution in [0.5, 0.6) is 0 Å². The van der Waals surface area contributed by atoms with Crippen LogP contribution in [-0.4, -0.2) is 15.0 Å². The van der Waals surface area contributed by atoms with Crippen molar-refractivity contribution >= 4 is 60.5 Å². The maximum atomic E-state index is 6.75. The van der Waals surface area contributed by atoms with Crippen molar-refractivity contribution in [3.05, 3.63) is 157 Å². The van der Waals surface area contributed by atoms with Crippen molar-refractivity contribution in [2.24, 2.45) is 0 Å². The molecule has 0 radical (unpaired) electrons. The van der Waals surface area contributed by atoms with Crippen LogP contribution in [0.25, 0.3) is 106 Å². The number of allylic oxidation sites excluding steroid dienone is 1. The summed E-state index contributed by atoms with van der Waals surface area (Å²) in [6.07, 6.45) is 5.32. The van der Waals surface area contributed by atoms with Crippen molar-refractivity contribution in [2.75, 3.05) is 0 Å². The van der Waals surface area contributed by atoms with Gasteiger partial charge in [-0.05, 0) is 75.9 Å². The molecule has 0 fully saturated rings. The average Bonchev–Trinajstić information content (AvgIpc) is 3.79. The molecule has 0 aliphatic heterocycles. The Hall–Kier alpha value is -6.85. The summed E-state index contributed by atoms with van der Waals surface area (Å²) in [5, 5.41) is 7.76. The van der Waals surface area contributed by atoms with Crippen molar-refractivity contribution in [2.45, 2.75) is 19.3 Å². The van der Waals surface area contributed by atoms with Crippen molar-refractivity contribution in [3.8, 4) is 45.3 Å². The third kappa shape index (κ3) is 4.81. The summed E-state index contributed by atoms with van der Waals surface area (Å²) in [7, 11) is 0. The Balaban J connectivity index is 1.12. The first kappa shape index (κ1) is 29.8. The Labute approximate surface area is 304 Å². The number of rotatable bonds is 4. The van der Waals surface area contributed by atoms with Crippen LogP contribution >= 0.6 is 0 Å². The number of furan rings is 2. The Bertz CT molecular complexity index is 3030. The van der Waals surface area contributed by atoms with Crippen LogP contribution in [0.4, 0.5) is 0 Å². The minimum absolute atomic E-state index is 0.399. The molecule has 3 heterocycles. The number of para-hydroxylation sites is 1. The van der Waals surface area contributed by atoms with Gasteiger partial charge < -0.3 is 8.83 Å². The SMILES string of the molecule is CC1CC=Cc2oc3ccc(-c4cccc5c4oc4cccc(-c6nc(-c7ccc8ccccc8c7)nc(-c7ccc8ccccc8c7)n6)c45)cc3c21. The monoisotopic (exact) mass is 681 g/mol. The second-order valence-electron chi connectivity index (χ2n) is 14.0. The number of nitrogens with zero attached hydrogens (tertiary/aromatic N) is 3. The number of hydrogen-bond acceptors (Lipinski definition) is 5. The van der Waals surface area contributed by atoms with Gasteiger partial charge in [-0.1, -0.05) is 122 Å². The van der Waals surface area contributed by atoms with Gasteiger partial charge in [0.15, 0.2) is 17.5 Å². The molecule has 1 unspecified atom stereocenters. The first-order chi connectivity index (χ1) is 26.1. The lowest BCUT2D eigenvalue weighted by atomic mass is 9.90. The van der Waals surface area contributed by atoms with E-state index >= 15 is 0 Å². The van der Waals surface area contributed by atoms with E-state index in [1.54, 1.807) is 0 Å². The second kappa shape index (κ2) is 11.6. The highest BCUT2D eigenvalue weighted by Gasteiger charge is 2.23. The Morgan fingerprint density at radius 2 is 1.15 bits per heavy atom. The van der Waals surface area contributed by atoms with Crippen LogP contribution < -0.4 is 0 Å². The zero-order valence-electron chi connectivity index (χ0n) is 28.9. The van der Waals surface area contributed by atoms with E-state index in [0.29, 0.717) is 23.4 Å².